The van der Waals surface area contributed by atoms with Crippen LogP contribution in [0.15, 0.2) is 24.3 Å². The average molecular weight is 394 g/mol. The summed E-state index contributed by atoms with van der Waals surface area (Å²) in [4.78, 5) is 12.7. The number of hydrogen-bond acceptors (Lipinski definition) is 5. The summed E-state index contributed by atoms with van der Waals surface area (Å²) in [5.74, 6) is 0.242. The lowest BCUT2D eigenvalue weighted by molar-refractivity contribution is 0.0639. The molecule has 1 fully saturated rings. The quantitative estimate of drug-likeness (QED) is 0.788. The minimum atomic E-state index is -0.942. The van der Waals surface area contributed by atoms with Crippen molar-refractivity contribution in [3.8, 4) is 5.75 Å². The van der Waals surface area contributed by atoms with E-state index in [2.05, 4.69) is 10.4 Å². The smallest absolute Gasteiger partial charge is 0.269 e. The zero-order valence-corrected chi connectivity index (χ0v) is 16.2. The summed E-state index contributed by atoms with van der Waals surface area (Å²) in [5, 5.41) is 18.2. The third-order valence-corrected chi connectivity index (χ3v) is 4.87. The Morgan fingerprint density at radius 3 is 2.89 bits per heavy atom. The van der Waals surface area contributed by atoms with Gasteiger partial charge < -0.3 is 19.9 Å². The summed E-state index contributed by atoms with van der Waals surface area (Å²) >= 11 is 6.01. The molecule has 146 valence electrons. The number of nitrogens with one attached hydrogen (secondary N) is 1. The number of ether oxygens (including phenoxy) is 2. The molecule has 2 heterocycles. The lowest BCUT2D eigenvalue weighted by Gasteiger charge is -2.24. The van der Waals surface area contributed by atoms with Crippen LogP contribution in [0.2, 0.25) is 5.02 Å². The molecule has 1 aromatic heterocycles. The fourth-order valence-corrected chi connectivity index (χ4v) is 3.43. The predicted octanol–water partition coefficient (Wildman–Crippen LogP) is 2.67. The van der Waals surface area contributed by atoms with Crippen LogP contribution < -0.4 is 10.1 Å². The number of hydrogen-bond donors (Lipinski definition) is 2. The fraction of sp³-hybridized carbons (Fsp3) is 0.474. The van der Waals surface area contributed by atoms with E-state index in [1.165, 1.54) is 7.11 Å². The minimum absolute atomic E-state index is 0.0353. The highest BCUT2D eigenvalue weighted by Gasteiger charge is 2.24. The van der Waals surface area contributed by atoms with Gasteiger partial charge in [-0.05, 0) is 44.0 Å². The zero-order valence-electron chi connectivity index (χ0n) is 15.4. The first-order valence-electron chi connectivity index (χ1n) is 8.93. The van der Waals surface area contributed by atoms with Crippen LogP contribution in [-0.4, -0.2) is 47.7 Å². The van der Waals surface area contributed by atoms with Crippen LogP contribution in [0.25, 0.3) is 0 Å². The normalized spacial score (nSPS) is 16.1. The summed E-state index contributed by atoms with van der Waals surface area (Å²) in [6.45, 7) is 3.22. The maximum atomic E-state index is 12.7. The highest BCUT2D eigenvalue weighted by molar-refractivity contribution is 6.30. The number of aliphatic hydroxyl groups is 1. The van der Waals surface area contributed by atoms with Gasteiger partial charge in [-0.25, -0.2) is 0 Å². The maximum Gasteiger partial charge on any atom is 0.269 e. The monoisotopic (exact) mass is 393 g/mol. The molecule has 7 nitrogen and oxygen atoms in total. The minimum Gasteiger partial charge on any atom is -0.496 e. The Hall–Kier alpha value is -2.09. The van der Waals surface area contributed by atoms with Crippen molar-refractivity contribution in [2.24, 2.45) is 0 Å². The lowest BCUT2D eigenvalue weighted by Crippen LogP contribution is -2.32. The maximum absolute atomic E-state index is 12.7. The van der Waals surface area contributed by atoms with E-state index in [1.807, 2.05) is 6.92 Å². The summed E-state index contributed by atoms with van der Waals surface area (Å²) in [6.07, 6.45) is 0.705. The van der Waals surface area contributed by atoms with Gasteiger partial charge >= 0.3 is 0 Å². The first-order valence-corrected chi connectivity index (χ1v) is 9.31. The SMILES string of the molecule is COc1ccc(Cl)cc1[C@@H](O)CNC(=O)c1cc(C)nn1C1CCOCC1. The third kappa shape index (κ3) is 4.61. The number of halogens is 1. The molecule has 0 spiro atoms. The Bertz CT molecular complexity index is 802. The zero-order chi connectivity index (χ0) is 19.4. The summed E-state index contributed by atoms with van der Waals surface area (Å²) in [6, 6.07) is 6.91. The molecule has 0 saturated carbocycles. The lowest BCUT2D eigenvalue weighted by atomic mass is 10.1. The van der Waals surface area contributed by atoms with Gasteiger partial charge in [-0.3, -0.25) is 9.48 Å². The molecule has 2 aromatic rings. The van der Waals surface area contributed by atoms with Crippen molar-refractivity contribution in [3.05, 3.63) is 46.2 Å². The number of aryl methyl sites for hydroxylation is 1. The summed E-state index contributed by atoms with van der Waals surface area (Å²) in [7, 11) is 1.52. The predicted molar refractivity (Wildman–Crippen MR) is 101 cm³/mol. The van der Waals surface area contributed by atoms with Crippen molar-refractivity contribution >= 4 is 17.5 Å². The summed E-state index contributed by atoms with van der Waals surface area (Å²) < 4.78 is 12.4. The molecule has 1 amide bonds. The van der Waals surface area contributed by atoms with E-state index in [1.54, 1.807) is 28.9 Å². The fourth-order valence-electron chi connectivity index (χ4n) is 3.25. The molecular formula is C19H24ClN3O4. The van der Waals surface area contributed by atoms with Gasteiger partial charge in [0.2, 0.25) is 0 Å². The van der Waals surface area contributed by atoms with Crippen LogP contribution in [0.5, 0.6) is 5.75 Å². The second-order valence-corrected chi connectivity index (χ2v) is 7.01. The van der Waals surface area contributed by atoms with E-state index in [0.717, 1.165) is 18.5 Å². The molecular weight excluding hydrogens is 370 g/mol. The topological polar surface area (TPSA) is 85.6 Å². The summed E-state index contributed by atoms with van der Waals surface area (Å²) in [5.41, 5.74) is 1.80. The molecule has 0 aliphatic carbocycles. The third-order valence-electron chi connectivity index (χ3n) is 4.63. The van der Waals surface area contributed by atoms with Crippen molar-refractivity contribution in [1.82, 2.24) is 15.1 Å². The standard InChI is InChI=1S/C19H24ClN3O4/c1-12-9-16(23(22-12)14-5-7-27-8-6-14)19(25)21-11-17(24)15-10-13(20)3-4-18(15)26-2/h3-4,9-10,14,17,24H,5-8,11H2,1-2H3,(H,21,25)/t17-/m0/s1. The number of amides is 1. The van der Waals surface area contributed by atoms with E-state index in [9.17, 15) is 9.90 Å². The average Bonchev–Trinajstić information content (AvgIpc) is 3.08. The van der Waals surface area contributed by atoms with E-state index in [4.69, 9.17) is 21.1 Å². The molecule has 1 saturated heterocycles. The Balaban J connectivity index is 1.70. The van der Waals surface area contributed by atoms with E-state index in [-0.39, 0.29) is 18.5 Å². The Kier molecular flexibility index (Phi) is 6.36. The van der Waals surface area contributed by atoms with Crippen molar-refractivity contribution in [2.75, 3.05) is 26.9 Å². The van der Waals surface area contributed by atoms with Gasteiger partial charge in [0.1, 0.15) is 11.4 Å². The molecule has 0 bridgehead atoms. The van der Waals surface area contributed by atoms with Gasteiger partial charge in [0.15, 0.2) is 0 Å². The second-order valence-electron chi connectivity index (χ2n) is 6.57. The number of methoxy groups -OCH3 is 1. The van der Waals surface area contributed by atoms with Crippen molar-refractivity contribution in [2.45, 2.75) is 31.9 Å². The van der Waals surface area contributed by atoms with E-state index >= 15 is 0 Å². The van der Waals surface area contributed by atoms with Gasteiger partial charge in [0.25, 0.3) is 5.91 Å². The van der Waals surface area contributed by atoms with E-state index < -0.39 is 6.10 Å². The number of benzene rings is 1. The van der Waals surface area contributed by atoms with Gasteiger partial charge in [-0.2, -0.15) is 5.10 Å². The Morgan fingerprint density at radius 2 is 2.19 bits per heavy atom. The number of aliphatic hydroxyl groups excluding tert-OH is 1. The van der Waals surface area contributed by atoms with Crippen LogP contribution >= 0.6 is 11.6 Å². The largest absolute Gasteiger partial charge is 0.496 e. The molecule has 0 unspecified atom stereocenters. The van der Waals surface area contributed by atoms with Crippen LogP contribution in [0.4, 0.5) is 0 Å². The van der Waals surface area contributed by atoms with Crippen molar-refractivity contribution < 1.29 is 19.4 Å². The molecule has 1 atom stereocenters. The number of nitrogens with zero attached hydrogens (tertiary/aromatic N) is 2. The molecule has 27 heavy (non-hydrogen) atoms. The number of rotatable bonds is 6. The molecule has 1 aromatic carbocycles. The Morgan fingerprint density at radius 1 is 1.44 bits per heavy atom. The van der Waals surface area contributed by atoms with Gasteiger partial charge in [0.05, 0.1) is 24.9 Å². The van der Waals surface area contributed by atoms with Crippen LogP contribution in [0.1, 0.15) is 46.7 Å². The van der Waals surface area contributed by atoms with Gasteiger partial charge in [0, 0.05) is 30.3 Å². The molecule has 1 aliphatic heterocycles. The molecule has 2 N–H and O–H groups in total. The molecule has 3 rings (SSSR count). The molecule has 0 radical (unpaired) electrons. The first kappa shape index (κ1) is 19.7. The highest BCUT2D eigenvalue weighted by atomic mass is 35.5. The van der Waals surface area contributed by atoms with Crippen LogP contribution in [-0.2, 0) is 4.74 Å². The van der Waals surface area contributed by atoms with Crippen LogP contribution in [0.3, 0.4) is 0 Å². The van der Waals surface area contributed by atoms with Crippen molar-refractivity contribution in [1.29, 1.82) is 0 Å². The van der Waals surface area contributed by atoms with Gasteiger partial charge in [-0.15, -0.1) is 0 Å². The van der Waals surface area contributed by atoms with Gasteiger partial charge in [-0.1, -0.05) is 11.6 Å². The number of carbonyl (C=O) groups excluding carboxylic acids is 1. The first-order chi connectivity index (χ1) is 13.0. The highest BCUT2D eigenvalue weighted by Crippen LogP contribution is 2.28. The number of aromatic nitrogens is 2. The molecule has 1 aliphatic rings. The number of carbonyl (C=O) groups is 1. The van der Waals surface area contributed by atoms with Crippen LogP contribution in [0, 0.1) is 6.92 Å². The Labute approximate surface area is 163 Å². The van der Waals surface area contributed by atoms with E-state index in [0.29, 0.717) is 35.2 Å². The molecule has 8 heteroatoms. The second kappa shape index (κ2) is 8.73. The van der Waals surface area contributed by atoms with Crippen molar-refractivity contribution in [3.63, 3.8) is 0 Å².